The van der Waals surface area contributed by atoms with E-state index >= 15 is 0 Å². The summed E-state index contributed by atoms with van der Waals surface area (Å²) in [5.41, 5.74) is 0.360. The van der Waals surface area contributed by atoms with Gasteiger partial charge in [-0.2, -0.15) is 0 Å². The first-order chi connectivity index (χ1) is 11.2. The molecule has 2 aromatic rings. The highest BCUT2D eigenvalue weighted by molar-refractivity contribution is 6.03. The number of nitro groups is 1. The maximum absolute atomic E-state index is 12.1. The van der Waals surface area contributed by atoms with Gasteiger partial charge in [-0.3, -0.25) is 14.9 Å². The van der Waals surface area contributed by atoms with Gasteiger partial charge in [0.1, 0.15) is 22.8 Å². The van der Waals surface area contributed by atoms with Gasteiger partial charge in [-0.05, 0) is 5.56 Å². The number of aromatic hydroxyl groups is 3. The van der Waals surface area contributed by atoms with Crippen molar-refractivity contribution < 1.29 is 25.0 Å². The van der Waals surface area contributed by atoms with E-state index in [4.69, 9.17) is 0 Å². The molecule has 0 aliphatic carbocycles. The Bertz CT molecular complexity index is 796. The van der Waals surface area contributed by atoms with Gasteiger partial charge in [0.25, 0.3) is 5.69 Å². The van der Waals surface area contributed by atoms with Crippen LogP contribution in [0.1, 0.15) is 35.3 Å². The first-order valence-electron chi connectivity index (χ1n) is 7.26. The molecule has 0 atom stereocenters. The molecule has 2 rings (SSSR count). The topological polar surface area (TPSA) is 121 Å². The average molecular weight is 331 g/mol. The lowest BCUT2D eigenvalue weighted by Gasteiger charge is -2.14. The molecule has 126 valence electrons. The zero-order chi connectivity index (χ0) is 18.0. The Labute approximate surface area is 138 Å². The van der Waals surface area contributed by atoms with Crippen LogP contribution in [0.4, 0.5) is 5.69 Å². The summed E-state index contributed by atoms with van der Waals surface area (Å²) >= 11 is 0. The molecule has 0 heterocycles. The number of rotatable bonds is 5. The van der Waals surface area contributed by atoms with Crippen LogP contribution in [0.15, 0.2) is 30.3 Å². The lowest BCUT2D eigenvalue weighted by Crippen LogP contribution is -2.09. The molecule has 7 nitrogen and oxygen atoms in total. The predicted molar refractivity (Wildman–Crippen MR) is 86.5 cm³/mol. The number of nitro benzene ring substituents is 1. The third-order valence-corrected chi connectivity index (χ3v) is 3.66. The monoisotopic (exact) mass is 331 g/mol. The van der Waals surface area contributed by atoms with E-state index in [-0.39, 0.29) is 29.0 Å². The Hall–Kier alpha value is -3.09. The van der Waals surface area contributed by atoms with Crippen molar-refractivity contribution in [3.05, 3.63) is 57.1 Å². The number of carbonyl (C=O) groups is 1. The Morgan fingerprint density at radius 3 is 2.21 bits per heavy atom. The maximum atomic E-state index is 12.1. The normalized spacial score (nSPS) is 10.8. The van der Waals surface area contributed by atoms with Gasteiger partial charge in [-0.1, -0.05) is 26.0 Å². The second kappa shape index (κ2) is 6.57. The summed E-state index contributed by atoms with van der Waals surface area (Å²) < 4.78 is 0. The molecule has 3 N–H and O–H groups in total. The van der Waals surface area contributed by atoms with Gasteiger partial charge in [-0.25, -0.2) is 0 Å². The SMILES string of the molecule is CC(C)C(=O)c1c(O)cc(O)c(Cc2ccc([N+](=O)[O-])cc2)c1O. The number of phenols is 3. The van der Waals surface area contributed by atoms with E-state index in [1.165, 1.54) is 24.3 Å². The van der Waals surface area contributed by atoms with Crippen molar-refractivity contribution in [1.82, 2.24) is 0 Å². The molecule has 0 spiro atoms. The fourth-order valence-electron chi connectivity index (χ4n) is 2.33. The summed E-state index contributed by atoms with van der Waals surface area (Å²) in [6, 6.07) is 6.62. The van der Waals surface area contributed by atoms with E-state index < -0.39 is 28.1 Å². The number of hydrogen-bond acceptors (Lipinski definition) is 6. The van der Waals surface area contributed by atoms with Gasteiger partial charge in [0.05, 0.1) is 4.92 Å². The zero-order valence-corrected chi connectivity index (χ0v) is 13.2. The van der Waals surface area contributed by atoms with E-state index in [0.29, 0.717) is 5.56 Å². The number of non-ortho nitro benzene ring substituents is 1. The van der Waals surface area contributed by atoms with E-state index in [9.17, 15) is 30.2 Å². The van der Waals surface area contributed by atoms with Crippen LogP contribution < -0.4 is 0 Å². The van der Waals surface area contributed by atoms with Gasteiger partial charge in [0.15, 0.2) is 5.78 Å². The molecule has 0 radical (unpaired) electrons. The first-order valence-corrected chi connectivity index (χ1v) is 7.26. The van der Waals surface area contributed by atoms with E-state index in [2.05, 4.69) is 0 Å². The fourth-order valence-corrected chi connectivity index (χ4v) is 2.33. The quantitative estimate of drug-likeness (QED) is 0.439. The molecular weight excluding hydrogens is 314 g/mol. The minimum Gasteiger partial charge on any atom is -0.507 e. The molecule has 0 aliphatic heterocycles. The molecule has 0 aliphatic rings. The highest BCUT2D eigenvalue weighted by atomic mass is 16.6. The van der Waals surface area contributed by atoms with Crippen molar-refractivity contribution in [2.75, 3.05) is 0 Å². The largest absolute Gasteiger partial charge is 0.507 e. The number of benzene rings is 2. The smallest absolute Gasteiger partial charge is 0.269 e. The van der Waals surface area contributed by atoms with Crippen LogP contribution in [0, 0.1) is 16.0 Å². The molecule has 0 fully saturated rings. The van der Waals surface area contributed by atoms with Gasteiger partial charge < -0.3 is 15.3 Å². The zero-order valence-electron chi connectivity index (χ0n) is 13.2. The van der Waals surface area contributed by atoms with Gasteiger partial charge in [0.2, 0.25) is 0 Å². The van der Waals surface area contributed by atoms with Gasteiger partial charge >= 0.3 is 0 Å². The standard InChI is InChI=1S/C17H17NO6/c1-9(2)16(21)15-14(20)8-13(19)12(17(15)22)7-10-3-5-11(6-4-10)18(23)24/h3-6,8-9,19-20,22H,7H2,1-2H3. The number of Topliss-reactive ketones (excluding diaryl/α,β-unsaturated/α-hetero) is 1. The van der Waals surface area contributed by atoms with E-state index in [1.807, 2.05) is 0 Å². The summed E-state index contributed by atoms with van der Waals surface area (Å²) in [6.45, 7) is 3.26. The molecule has 0 bridgehead atoms. The Balaban J connectivity index is 2.45. The molecule has 7 heteroatoms. The van der Waals surface area contributed by atoms with Gasteiger partial charge in [-0.15, -0.1) is 0 Å². The maximum Gasteiger partial charge on any atom is 0.269 e. The van der Waals surface area contributed by atoms with Crippen molar-refractivity contribution >= 4 is 11.5 Å². The fraction of sp³-hybridized carbons (Fsp3) is 0.235. The molecule has 0 saturated carbocycles. The number of ketones is 1. The molecule has 0 aromatic heterocycles. The Kier molecular flexibility index (Phi) is 4.73. The van der Waals surface area contributed by atoms with Crippen molar-refractivity contribution in [1.29, 1.82) is 0 Å². The lowest BCUT2D eigenvalue weighted by atomic mass is 9.94. The Morgan fingerprint density at radius 1 is 1.12 bits per heavy atom. The van der Waals surface area contributed by atoms with Crippen molar-refractivity contribution in [2.24, 2.45) is 5.92 Å². The summed E-state index contributed by atoms with van der Waals surface area (Å²) in [4.78, 5) is 22.3. The number of carbonyl (C=O) groups excluding carboxylic acids is 1. The van der Waals surface area contributed by atoms with Gasteiger partial charge in [0, 0.05) is 36.1 Å². The third-order valence-electron chi connectivity index (χ3n) is 3.66. The summed E-state index contributed by atoms with van der Waals surface area (Å²) in [6.07, 6.45) is 0.0499. The molecule has 0 saturated heterocycles. The number of nitrogens with zero attached hydrogens (tertiary/aromatic N) is 1. The Morgan fingerprint density at radius 2 is 1.71 bits per heavy atom. The molecule has 0 amide bonds. The molecular formula is C17H17NO6. The van der Waals surface area contributed by atoms with Crippen LogP contribution in [0.3, 0.4) is 0 Å². The average Bonchev–Trinajstić information content (AvgIpc) is 2.51. The number of phenolic OH excluding ortho intramolecular Hbond substituents is 3. The summed E-state index contributed by atoms with van der Waals surface area (Å²) in [5, 5.41) is 40.8. The van der Waals surface area contributed by atoms with Crippen LogP contribution in [-0.2, 0) is 6.42 Å². The highest BCUT2D eigenvalue weighted by Crippen LogP contribution is 2.39. The van der Waals surface area contributed by atoms with Crippen molar-refractivity contribution in [2.45, 2.75) is 20.3 Å². The molecule has 24 heavy (non-hydrogen) atoms. The van der Waals surface area contributed by atoms with E-state index in [1.54, 1.807) is 13.8 Å². The van der Waals surface area contributed by atoms with Crippen molar-refractivity contribution in [3.63, 3.8) is 0 Å². The second-order valence-electron chi connectivity index (χ2n) is 5.74. The van der Waals surface area contributed by atoms with Crippen molar-refractivity contribution in [3.8, 4) is 17.2 Å². The van der Waals surface area contributed by atoms with Crippen LogP contribution >= 0.6 is 0 Å². The van der Waals surface area contributed by atoms with Crippen LogP contribution in [0.25, 0.3) is 0 Å². The van der Waals surface area contributed by atoms with Crippen LogP contribution in [0.2, 0.25) is 0 Å². The van der Waals surface area contributed by atoms with Crippen LogP contribution in [0.5, 0.6) is 17.2 Å². The third kappa shape index (κ3) is 3.29. The van der Waals surface area contributed by atoms with E-state index in [0.717, 1.165) is 6.07 Å². The van der Waals surface area contributed by atoms with Crippen LogP contribution in [-0.4, -0.2) is 26.0 Å². The molecule has 2 aromatic carbocycles. The highest BCUT2D eigenvalue weighted by Gasteiger charge is 2.24. The minimum atomic E-state index is -0.529. The predicted octanol–water partition coefficient (Wildman–Crippen LogP) is 3.14. The lowest BCUT2D eigenvalue weighted by molar-refractivity contribution is -0.384. The summed E-state index contributed by atoms with van der Waals surface area (Å²) in [7, 11) is 0. The second-order valence-corrected chi connectivity index (χ2v) is 5.74. The number of hydrogen-bond donors (Lipinski definition) is 3. The molecule has 0 unspecified atom stereocenters. The minimum absolute atomic E-state index is 0.0499. The first kappa shape index (κ1) is 17.3. The summed E-state index contributed by atoms with van der Waals surface area (Å²) in [5.74, 6) is -2.22.